The molecule has 0 fully saturated rings. The predicted molar refractivity (Wildman–Crippen MR) is 156 cm³/mol. The molecule has 0 saturated heterocycles. The number of rotatable bonds is 5. The summed E-state index contributed by atoms with van der Waals surface area (Å²) in [7, 11) is 1.69. The Hall–Kier alpha value is -3.55. The second-order valence-corrected chi connectivity index (χ2v) is 10.6. The standard InChI is InChI=1S/C30H22Br2N4O/c1-37-28-10-6-5-9-23(28)26-18-27(19-11-13-21(31)14-12-19)36(35-26)30-33-25-16-15-22(32)17-24(25)29(34-30)20-7-3-2-4-8-20/h2-17,27H,18H2,1H3/t27-/m1/s1. The van der Waals surface area contributed by atoms with E-state index in [9.17, 15) is 0 Å². The normalized spacial score (nSPS) is 15.2. The van der Waals surface area contributed by atoms with E-state index in [1.165, 1.54) is 0 Å². The van der Waals surface area contributed by atoms with Crippen LogP contribution in [0.4, 0.5) is 5.95 Å². The average Bonchev–Trinajstić information content (AvgIpc) is 3.39. The van der Waals surface area contributed by atoms with Crippen LogP contribution in [0.1, 0.15) is 23.6 Å². The summed E-state index contributed by atoms with van der Waals surface area (Å²) in [4.78, 5) is 10.1. The van der Waals surface area contributed by atoms with Crippen molar-refractivity contribution in [1.82, 2.24) is 9.97 Å². The largest absolute Gasteiger partial charge is 0.496 e. The fourth-order valence-corrected chi connectivity index (χ4v) is 5.32. The van der Waals surface area contributed by atoms with Crippen molar-refractivity contribution in [2.24, 2.45) is 5.10 Å². The third-order valence-electron chi connectivity index (χ3n) is 6.48. The van der Waals surface area contributed by atoms with Crippen LogP contribution in [-0.4, -0.2) is 22.8 Å². The molecule has 7 heteroatoms. The number of fused-ring (bicyclic) bond motifs is 1. The number of aromatic nitrogens is 2. The Balaban J connectivity index is 1.55. The van der Waals surface area contributed by atoms with Crippen molar-refractivity contribution >= 4 is 54.4 Å². The molecule has 0 unspecified atom stereocenters. The number of anilines is 1. The molecule has 1 aliphatic rings. The molecule has 0 saturated carbocycles. The number of benzene rings is 4. The lowest BCUT2D eigenvalue weighted by atomic mass is 9.98. The molecule has 37 heavy (non-hydrogen) atoms. The van der Waals surface area contributed by atoms with Crippen LogP contribution in [0, 0.1) is 0 Å². The van der Waals surface area contributed by atoms with Gasteiger partial charge in [-0.05, 0) is 48.0 Å². The Bertz CT molecular complexity index is 1620. The zero-order chi connectivity index (χ0) is 25.4. The lowest BCUT2D eigenvalue weighted by molar-refractivity contribution is 0.414. The molecule has 0 aliphatic carbocycles. The number of hydrogen-bond acceptors (Lipinski definition) is 5. The van der Waals surface area contributed by atoms with Crippen LogP contribution in [0.2, 0.25) is 0 Å². The van der Waals surface area contributed by atoms with Crippen molar-refractivity contribution in [3.63, 3.8) is 0 Å². The van der Waals surface area contributed by atoms with E-state index in [1.807, 2.05) is 59.6 Å². The number of nitrogens with zero attached hydrogens (tertiary/aromatic N) is 4. The van der Waals surface area contributed by atoms with Crippen LogP contribution >= 0.6 is 31.9 Å². The lowest BCUT2D eigenvalue weighted by Crippen LogP contribution is -2.21. The molecule has 0 amide bonds. The average molecular weight is 614 g/mol. The summed E-state index contributed by atoms with van der Waals surface area (Å²) in [5, 5.41) is 8.04. The summed E-state index contributed by atoms with van der Waals surface area (Å²) in [6, 6.07) is 32.6. The lowest BCUT2D eigenvalue weighted by Gasteiger charge is -2.23. The highest BCUT2D eigenvalue weighted by molar-refractivity contribution is 9.10. The Morgan fingerprint density at radius 1 is 0.811 bits per heavy atom. The third-order valence-corrected chi connectivity index (χ3v) is 7.50. The van der Waals surface area contributed by atoms with Gasteiger partial charge in [-0.15, -0.1) is 0 Å². The van der Waals surface area contributed by atoms with E-state index in [2.05, 4.69) is 74.3 Å². The van der Waals surface area contributed by atoms with Crippen molar-refractivity contribution in [2.75, 3.05) is 12.1 Å². The molecule has 2 heterocycles. The molecule has 182 valence electrons. The van der Waals surface area contributed by atoms with Crippen LogP contribution in [0.3, 0.4) is 0 Å². The van der Waals surface area contributed by atoms with Crippen LogP contribution in [-0.2, 0) is 0 Å². The van der Waals surface area contributed by atoms with Gasteiger partial charge in [0.2, 0.25) is 5.95 Å². The van der Waals surface area contributed by atoms with E-state index in [1.54, 1.807) is 7.11 Å². The first kappa shape index (κ1) is 23.8. The molecule has 1 aromatic heterocycles. The first-order valence-corrected chi connectivity index (χ1v) is 13.5. The van der Waals surface area contributed by atoms with Crippen molar-refractivity contribution in [3.05, 3.63) is 117 Å². The summed E-state index contributed by atoms with van der Waals surface area (Å²) in [5.41, 5.74) is 5.81. The smallest absolute Gasteiger partial charge is 0.247 e. The van der Waals surface area contributed by atoms with Crippen LogP contribution in [0.25, 0.3) is 22.2 Å². The summed E-state index contributed by atoms with van der Waals surface area (Å²) in [5.74, 6) is 1.36. The quantitative estimate of drug-likeness (QED) is 0.200. The molecule has 0 spiro atoms. The number of ether oxygens (including phenoxy) is 1. The number of hydrogen-bond donors (Lipinski definition) is 0. The second-order valence-electron chi connectivity index (χ2n) is 8.76. The Morgan fingerprint density at radius 2 is 1.54 bits per heavy atom. The topological polar surface area (TPSA) is 50.6 Å². The highest BCUT2D eigenvalue weighted by atomic mass is 79.9. The molecule has 6 rings (SSSR count). The van der Waals surface area contributed by atoms with Gasteiger partial charge in [0.05, 0.1) is 30.1 Å². The molecule has 0 N–H and O–H groups in total. The number of para-hydroxylation sites is 1. The number of hydrazone groups is 1. The first-order valence-electron chi connectivity index (χ1n) is 11.9. The molecular formula is C30H22Br2N4O. The predicted octanol–water partition coefficient (Wildman–Crippen LogP) is 8.19. The van der Waals surface area contributed by atoms with Gasteiger partial charge in [-0.3, -0.25) is 0 Å². The summed E-state index contributed by atoms with van der Waals surface area (Å²) < 4.78 is 7.68. The Morgan fingerprint density at radius 3 is 2.32 bits per heavy atom. The van der Waals surface area contributed by atoms with Gasteiger partial charge >= 0.3 is 0 Å². The van der Waals surface area contributed by atoms with Crippen molar-refractivity contribution in [2.45, 2.75) is 12.5 Å². The summed E-state index contributed by atoms with van der Waals surface area (Å²) in [6.45, 7) is 0. The van der Waals surface area contributed by atoms with Gasteiger partial charge in [0, 0.05) is 31.9 Å². The number of methoxy groups -OCH3 is 1. The van der Waals surface area contributed by atoms with Crippen LogP contribution in [0.5, 0.6) is 5.75 Å². The summed E-state index contributed by atoms with van der Waals surface area (Å²) in [6.07, 6.45) is 0.699. The molecular weight excluding hydrogens is 592 g/mol. The highest BCUT2D eigenvalue weighted by Gasteiger charge is 2.33. The van der Waals surface area contributed by atoms with Crippen LogP contribution in [0.15, 0.2) is 111 Å². The van der Waals surface area contributed by atoms with Gasteiger partial charge in [-0.2, -0.15) is 5.10 Å². The van der Waals surface area contributed by atoms with Gasteiger partial charge in [0.15, 0.2) is 0 Å². The zero-order valence-corrected chi connectivity index (χ0v) is 23.1. The maximum Gasteiger partial charge on any atom is 0.247 e. The second kappa shape index (κ2) is 10.1. The van der Waals surface area contributed by atoms with Crippen molar-refractivity contribution < 1.29 is 4.74 Å². The van der Waals surface area contributed by atoms with E-state index in [-0.39, 0.29) is 6.04 Å². The van der Waals surface area contributed by atoms with Gasteiger partial charge in [0.25, 0.3) is 0 Å². The molecule has 0 radical (unpaired) electrons. The minimum atomic E-state index is -0.0652. The molecule has 0 bridgehead atoms. The molecule has 5 nitrogen and oxygen atoms in total. The van der Waals surface area contributed by atoms with E-state index in [0.717, 1.165) is 53.7 Å². The molecule has 5 aromatic rings. The molecule has 1 atom stereocenters. The van der Waals surface area contributed by atoms with E-state index >= 15 is 0 Å². The van der Waals surface area contributed by atoms with E-state index < -0.39 is 0 Å². The monoisotopic (exact) mass is 612 g/mol. The first-order chi connectivity index (χ1) is 18.1. The minimum absolute atomic E-state index is 0.0652. The molecule has 1 aliphatic heterocycles. The highest BCUT2D eigenvalue weighted by Crippen LogP contribution is 2.39. The Labute approximate surface area is 232 Å². The number of halogens is 2. The van der Waals surface area contributed by atoms with Gasteiger partial charge < -0.3 is 4.74 Å². The maximum absolute atomic E-state index is 5.66. The van der Waals surface area contributed by atoms with Gasteiger partial charge in [-0.25, -0.2) is 15.0 Å². The van der Waals surface area contributed by atoms with E-state index in [0.29, 0.717) is 12.4 Å². The minimum Gasteiger partial charge on any atom is -0.496 e. The Kier molecular flexibility index (Phi) is 6.49. The van der Waals surface area contributed by atoms with E-state index in [4.69, 9.17) is 19.8 Å². The summed E-state index contributed by atoms with van der Waals surface area (Å²) >= 11 is 7.18. The fraction of sp³-hybridized carbons (Fsp3) is 0.100. The fourth-order valence-electron chi connectivity index (χ4n) is 4.69. The van der Waals surface area contributed by atoms with Gasteiger partial charge in [-0.1, -0.05) is 86.5 Å². The zero-order valence-electron chi connectivity index (χ0n) is 20.0. The molecule has 4 aromatic carbocycles. The van der Waals surface area contributed by atoms with Crippen molar-refractivity contribution in [3.8, 4) is 17.0 Å². The van der Waals surface area contributed by atoms with Crippen LogP contribution < -0.4 is 9.75 Å². The SMILES string of the molecule is COc1ccccc1C1=NN(c2nc(-c3ccccc3)c3cc(Br)ccc3n2)[C@@H](c2ccc(Br)cc2)C1. The third kappa shape index (κ3) is 4.65. The van der Waals surface area contributed by atoms with Gasteiger partial charge in [0.1, 0.15) is 5.75 Å². The van der Waals surface area contributed by atoms with Crippen molar-refractivity contribution in [1.29, 1.82) is 0 Å². The maximum atomic E-state index is 5.66.